The lowest BCUT2D eigenvalue weighted by Crippen LogP contribution is -1.92. The molecule has 0 bridgehead atoms. The second-order valence-electron chi connectivity index (χ2n) is 2.45. The van der Waals surface area contributed by atoms with Crippen molar-refractivity contribution in [2.45, 2.75) is 26.7 Å². The first-order valence-corrected chi connectivity index (χ1v) is 4.76. The predicted molar refractivity (Wildman–Crippen MR) is 46.7 cm³/mol. The molecule has 0 aromatic carbocycles. The molecule has 0 amide bonds. The highest BCUT2D eigenvalue weighted by molar-refractivity contribution is 7.06. The smallest absolute Gasteiger partial charge is 0.273 e. The van der Waals surface area contributed by atoms with Gasteiger partial charge in [0.2, 0.25) is 0 Å². The molecule has 62 valence electrons. The number of hydrogen-bond donors (Lipinski definition) is 0. The van der Waals surface area contributed by atoms with Gasteiger partial charge in [-0.25, -0.2) is 4.99 Å². The molecule has 0 saturated carbocycles. The van der Waals surface area contributed by atoms with Gasteiger partial charge in [0, 0.05) is 11.9 Å². The van der Waals surface area contributed by atoms with E-state index < -0.39 is 0 Å². The van der Waals surface area contributed by atoms with E-state index in [0.717, 1.165) is 23.6 Å². The minimum absolute atomic E-state index is 0.802. The molecule has 1 rings (SSSR count). The summed E-state index contributed by atoms with van der Waals surface area (Å²) in [5, 5.41) is 1.98. The first-order valence-electron chi connectivity index (χ1n) is 3.88. The molecule has 1 heterocycles. The zero-order valence-corrected chi connectivity index (χ0v) is 7.78. The third kappa shape index (κ3) is 2.89. The van der Waals surface area contributed by atoms with Crippen molar-refractivity contribution in [2.24, 2.45) is 4.99 Å². The number of nitrogens with zero attached hydrogens (tertiary/aromatic N) is 1. The van der Waals surface area contributed by atoms with Gasteiger partial charge in [0.05, 0.1) is 0 Å². The maximum atomic E-state index is 5.28. The van der Waals surface area contributed by atoms with E-state index >= 15 is 0 Å². The molecule has 0 unspecified atom stereocenters. The Labute approximate surface area is 70.6 Å². The summed E-state index contributed by atoms with van der Waals surface area (Å²) < 4.78 is 5.28. The van der Waals surface area contributed by atoms with Gasteiger partial charge >= 0.3 is 0 Å². The van der Waals surface area contributed by atoms with Crippen LogP contribution in [0.5, 0.6) is 0 Å². The van der Waals surface area contributed by atoms with Crippen LogP contribution in [0.25, 0.3) is 0 Å². The monoisotopic (exact) mass is 171 g/mol. The van der Waals surface area contributed by atoms with Crippen LogP contribution in [0, 0.1) is 6.92 Å². The van der Waals surface area contributed by atoms with E-state index in [2.05, 4.69) is 11.9 Å². The number of aryl methyl sites for hydroxylation is 1. The fraction of sp³-hybridized carbons (Fsp3) is 0.625. The Kier molecular flexibility index (Phi) is 3.36. The topological polar surface area (TPSA) is 25.5 Å². The van der Waals surface area contributed by atoms with Crippen molar-refractivity contribution in [3.8, 4) is 0 Å². The van der Waals surface area contributed by atoms with Gasteiger partial charge in [-0.05, 0) is 13.3 Å². The molecule has 1 aromatic rings. The minimum atomic E-state index is 0.802. The van der Waals surface area contributed by atoms with Crippen LogP contribution >= 0.6 is 11.3 Å². The second-order valence-corrected chi connectivity index (χ2v) is 3.27. The van der Waals surface area contributed by atoms with Crippen LogP contribution < -0.4 is 4.87 Å². The van der Waals surface area contributed by atoms with Gasteiger partial charge in [-0.3, -0.25) is 0 Å². The van der Waals surface area contributed by atoms with Crippen molar-refractivity contribution >= 4 is 11.3 Å². The van der Waals surface area contributed by atoms with Crippen LogP contribution in [0.15, 0.2) is 14.8 Å². The lowest BCUT2D eigenvalue weighted by molar-refractivity contribution is 0.486. The summed E-state index contributed by atoms with van der Waals surface area (Å²) in [6, 6.07) is 0. The second kappa shape index (κ2) is 4.34. The lowest BCUT2D eigenvalue weighted by Gasteiger charge is -1.85. The SMILES string of the molecule is CCCCN=c1oc(C)cs1. The molecule has 0 radical (unpaired) electrons. The molecule has 0 saturated heterocycles. The maximum absolute atomic E-state index is 5.28. The van der Waals surface area contributed by atoms with Gasteiger partial charge in [-0.2, -0.15) is 0 Å². The molecule has 0 atom stereocenters. The highest BCUT2D eigenvalue weighted by atomic mass is 32.1. The van der Waals surface area contributed by atoms with E-state index in [4.69, 9.17) is 4.42 Å². The first kappa shape index (κ1) is 8.53. The van der Waals surface area contributed by atoms with E-state index in [-0.39, 0.29) is 0 Å². The number of hydrogen-bond acceptors (Lipinski definition) is 3. The predicted octanol–water partition coefficient (Wildman–Crippen LogP) is 2.35. The summed E-state index contributed by atoms with van der Waals surface area (Å²) in [5.74, 6) is 0.949. The van der Waals surface area contributed by atoms with Crippen LogP contribution in [0.2, 0.25) is 0 Å². The first-order chi connectivity index (χ1) is 5.33. The highest BCUT2D eigenvalue weighted by Gasteiger charge is 1.88. The van der Waals surface area contributed by atoms with Crippen molar-refractivity contribution in [1.29, 1.82) is 0 Å². The molecule has 0 spiro atoms. The molecule has 0 N–H and O–H groups in total. The van der Waals surface area contributed by atoms with E-state index in [1.165, 1.54) is 6.42 Å². The van der Waals surface area contributed by atoms with Crippen LogP contribution in [0.3, 0.4) is 0 Å². The third-order valence-electron chi connectivity index (χ3n) is 1.33. The zero-order chi connectivity index (χ0) is 8.10. The molecule has 11 heavy (non-hydrogen) atoms. The van der Waals surface area contributed by atoms with Crippen molar-refractivity contribution in [1.82, 2.24) is 0 Å². The van der Waals surface area contributed by atoms with E-state index in [9.17, 15) is 0 Å². The molecule has 0 aliphatic carbocycles. The molecule has 0 fully saturated rings. The molecule has 2 nitrogen and oxygen atoms in total. The van der Waals surface area contributed by atoms with Crippen LogP contribution in [0.4, 0.5) is 0 Å². The Balaban J connectivity index is 2.53. The van der Waals surface area contributed by atoms with Crippen molar-refractivity contribution in [3.05, 3.63) is 16.0 Å². The van der Waals surface area contributed by atoms with Gasteiger partial charge < -0.3 is 4.42 Å². The van der Waals surface area contributed by atoms with Gasteiger partial charge in [0.15, 0.2) is 0 Å². The number of unbranched alkanes of at least 4 members (excludes halogenated alkanes) is 1. The summed E-state index contributed by atoms with van der Waals surface area (Å²) in [7, 11) is 0. The molecule has 0 aliphatic rings. The van der Waals surface area contributed by atoms with E-state index in [0.29, 0.717) is 0 Å². The quantitative estimate of drug-likeness (QED) is 0.641. The molecular weight excluding hydrogens is 158 g/mol. The largest absolute Gasteiger partial charge is 0.435 e. The van der Waals surface area contributed by atoms with Crippen molar-refractivity contribution < 1.29 is 4.42 Å². The molecule has 1 aromatic heterocycles. The van der Waals surface area contributed by atoms with E-state index in [1.807, 2.05) is 12.3 Å². The average molecular weight is 171 g/mol. The fourth-order valence-corrected chi connectivity index (χ4v) is 1.38. The Bertz CT molecular complexity index is 261. The fourth-order valence-electron chi connectivity index (χ4n) is 0.717. The van der Waals surface area contributed by atoms with Gasteiger partial charge in [0.1, 0.15) is 5.76 Å². The Morgan fingerprint density at radius 1 is 1.64 bits per heavy atom. The molecule has 3 heteroatoms. The molecular formula is C8H13NOS. The summed E-state index contributed by atoms with van der Waals surface area (Å²) in [6.45, 7) is 4.99. The molecule has 0 aliphatic heterocycles. The number of rotatable bonds is 3. The Hall–Kier alpha value is -0.570. The Morgan fingerprint density at radius 2 is 2.45 bits per heavy atom. The van der Waals surface area contributed by atoms with Gasteiger partial charge in [0.25, 0.3) is 4.87 Å². The summed E-state index contributed by atoms with van der Waals surface area (Å²) in [5.41, 5.74) is 0. The third-order valence-corrected chi connectivity index (χ3v) is 2.19. The summed E-state index contributed by atoms with van der Waals surface area (Å²) in [4.78, 5) is 5.07. The summed E-state index contributed by atoms with van der Waals surface area (Å²) in [6.07, 6.45) is 2.33. The minimum Gasteiger partial charge on any atom is -0.435 e. The zero-order valence-electron chi connectivity index (χ0n) is 6.96. The average Bonchev–Trinajstić information content (AvgIpc) is 2.37. The van der Waals surface area contributed by atoms with E-state index in [1.54, 1.807) is 11.3 Å². The van der Waals surface area contributed by atoms with Crippen LogP contribution in [-0.4, -0.2) is 6.54 Å². The summed E-state index contributed by atoms with van der Waals surface area (Å²) >= 11 is 1.57. The maximum Gasteiger partial charge on any atom is 0.273 e. The van der Waals surface area contributed by atoms with Crippen molar-refractivity contribution in [2.75, 3.05) is 6.54 Å². The highest BCUT2D eigenvalue weighted by Crippen LogP contribution is 1.96. The standard InChI is InChI=1S/C8H13NOS/c1-3-4-5-9-8-10-7(2)6-11-8/h6H,3-5H2,1-2H3. The normalized spacial score (nSPS) is 12.4. The van der Waals surface area contributed by atoms with Gasteiger partial charge in [-0.1, -0.05) is 24.7 Å². The van der Waals surface area contributed by atoms with Crippen LogP contribution in [0.1, 0.15) is 25.5 Å². The Morgan fingerprint density at radius 3 is 3.00 bits per heavy atom. The lowest BCUT2D eigenvalue weighted by atomic mass is 10.3. The van der Waals surface area contributed by atoms with Gasteiger partial charge in [-0.15, -0.1) is 0 Å². The van der Waals surface area contributed by atoms with Crippen LogP contribution in [-0.2, 0) is 0 Å². The van der Waals surface area contributed by atoms with Crippen molar-refractivity contribution in [3.63, 3.8) is 0 Å².